The third-order valence-electron chi connectivity index (χ3n) is 2.57. The molecule has 0 rings (SSSR count). The van der Waals surface area contributed by atoms with Gasteiger partial charge in [-0.2, -0.15) is 12.6 Å². The molecule has 1 amide bonds. The average Bonchev–Trinajstić information content (AvgIpc) is 2.24. The summed E-state index contributed by atoms with van der Waals surface area (Å²) in [5.74, 6) is 0.804. The van der Waals surface area contributed by atoms with Crippen LogP contribution < -0.4 is 0 Å². The Bertz CT molecular complexity index is 172. The number of carbonyl (C=O) groups is 1. The molecular weight excluding hydrogens is 210 g/mol. The predicted octanol–water partition coefficient (Wildman–Crippen LogP) is 1.97. The second-order valence-electron chi connectivity index (χ2n) is 3.52. The molecule has 0 heterocycles. The molecular formula is C11H23NO2S. The molecule has 0 atom stereocenters. The minimum Gasteiger partial charge on any atom is -0.383 e. The normalized spacial score (nSPS) is 10.7. The number of thiol groups is 1. The van der Waals surface area contributed by atoms with Crippen molar-refractivity contribution in [2.24, 2.45) is 0 Å². The Kier molecular flexibility index (Phi) is 8.91. The van der Waals surface area contributed by atoms with Crippen molar-refractivity contribution < 1.29 is 9.53 Å². The zero-order chi connectivity index (χ0) is 11.7. The summed E-state index contributed by atoms with van der Waals surface area (Å²) < 4.78 is 5.03. The molecule has 0 spiro atoms. The molecule has 15 heavy (non-hydrogen) atoms. The first-order valence-electron chi connectivity index (χ1n) is 5.60. The smallest absolute Gasteiger partial charge is 0.223 e. The monoisotopic (exact) mass is 233 g/mol. The molecule has 3 nitrogen and oxygen atoms in total. The number of rotatable bonds is 8. The molecule has 0 saturated carbocycles. The summed E-state index contributed by atoms with van der Waals surface area (Å²) in [6.07, 6.45) is 2.51. The third kappa shape index (κ3) is 5.42. The standard InChI is InChI=1S/C11H23NO2S/c1-4-10(5-2)12(7-8-14-3)11(13)6-9-15/h10,15H,4-9H2,1-3H3. The predicted molar refractivity (Wildman–Crippen MR) is 66.4 cm³/mol. The summed E-state index contributed by atoms with van der Waals surface area (Å²) in [6, 6.07) is 0.340. The molecule has 0 saturated heterocycles. The molecule has 0 unspecified atom stereocenters. The summed E-state index contributed by atoms with van der Waals surface area (Å²) in [5.41, 5.74) is 0. The van der Waals surface area contributed by atoms with E-state index >= 15 is 0 Å². The van der Waals surface area contributed by atoms with Gasteiger partial charge in [0.05, 0.1) is 6.61 Å². The summed E-state index contributed by atoms with van der Waals surface area (Å²) in [4.78, 5) is 13.8. The quantitative estimate of drug-likeness (QED) is 0.650. The van der Waals surface area contributed by atoms with Crippen molar-refractivity contribution in [1.29, 1.82) is 0 Å². The van der Waals surface area contributed by atoms with Crippen molar-refractivity contribution in [1.82, 2.24) is 4.90 Å². The van der Waals surface area contributed by atoms with Crippen LogP contribution in [0.1, 0.15) is 33.1 Å². The lowest BCUT2D eigenvalue weighted by Gasteiger charge is -2.30. The SMILES string of the molecule is CCC(CC)N(CCOC)C(=O)CCS. The van der Waals surface area contributed by atoms with Crippen molar-refractivity contribution in [3.05, 3.63) is 0 Å². The summed E-state index contributed by atoms with van der Waals surface area (Å²) in [5, 5.41) is 0. The minimum absolute atomic E-state index is 0.191. The molecule has 0 bridgehead atoms. The molecule has 0 aliphatic heterocycles. The third-order valence-corrected chi connectivity index (χ3v) is 2.79. The van der Waals surface area contributed by atoms with Gasteiger partial charge in [0.25, 0.3) is 0 Å². The molecule has 0 fully saturated rings. The highest BCUT2D eigenvalue weighted by Gasteiger charge is 2.19. The highest BCUT2D eigenvalue weighted by Crippen LogP contribution is 2.10. The lowest BCUT2D eigenvalue weighted by molar-refractivity contribution is -0.134. The van der Waals surface area contributed by atoms with Crippen LogP contribution in [0.2, 0.25) is 0 Å². The van der Waals surface area contributed by atoms with E-state index in [9.17, 15) is 4.79 Å². The first-order valence-corrected chi connectivity index (χ1v) is 6.23. The van der Waals surface area contributed by atoms with Crippen molar-refractivity contribution >= 4 is 18.5 Å². The fourth-order valence-electron chi connectivity index (χ4n) is 1.67. The van der Waals surface area contributed by atoms with Crippen LogP contribution in [0.5, 0.6) is 0 Å². The van der Waals surface area contributed by atoms with Gasteiger partial charge in [-0.15, -0.1) is 0 Å². The molecule has 0 aliphatic carbocycles. The zero-order valence-corrected chi connectivity index (χ0v) is 10.9. The lowest BCUT2D eigenvalue weighted by atomic mass is 10.1. The molecule has 0 aromatic rings. The van der Waals surface area contributed by atoms with Gasteiger partial charge in [0.15, 0.2) is 0 Å². The van der Waals surface area contributed by atoms with Crippen LogP contribution >= 0.6 is 12.6 Å². The van der Waals surface area contributed by atoms with E-state index in [0.717, 1.165) is 12.8 Å². The average molecular weight is 233 g/mol. The number of nitrogens with zero attached hydrogens (tertiary/aromatic N) is 1. The van der Waals surface area contributed by atoms with E-state index in [1.54, 1.807) is 7.11 Å². The number of methoxy groups -OCH3 is 1. The van der Waals surface area contributed by atoms with Gasteiger partial charge in [-0.3, -0.25) is 4.79 Å². The summed E-state index contributed by atoms with van der Waals surface area (Å²) in [7, 11) is 1.66. The molecule has 0 aromatic carbocycles. The molecule has 90 valence electrons. The van der Waals surface area contributed by atoms with E-state index in [0.29, 0.717) is 31.4 Å². The molecule has 0 radical (unpaired) electrons. The second kappa shape index (κ2) is 9.04. The van der Waals surface area contributed by atoms with Gasteiger partial charge < -0.3 is 9.64 Å². The zero-order valence-electron chi connectivity index (χ0n) is 10.0. The number of hydrogen-bond donors (Lipinski definition) is 1. The van der Waals surface area contributed by atoms with Crippen LogP contribution in [0.3, 0.4) is 0 Å². The van der Waals surface area contributed by atoms with Crippen molar-refractivity contribution in [2.45, 2.75) is 39.2 Å². The van der Waals surface area contributed by atoms with Gasteiger partial charge in [-0.1, -0.05) is 13.8 Å². The Morgan fingerprint density at radius 2 is 2.00 bits per heavy atom. The van der Waals surface area contributed by atoms with Gasteiger partial charge in [0, 0.05) is 26.1 Å². The number of carbonyl (C=O) groups excluding carboxylic acids is 1. The highest BCUT2D eigenvalue weighted by atomic mass is 32.1. The van der Waals surface area contributed by atoms with E-state index in [1.165, 1.54) is 0 Å². The van der Waals surface area contributed by atoms with Crippen LogP contribution in [0.15, 0.2) is 0 Å². The number of amides is 1. The summed E-state index contributed by atoms with van der Waals surface area (Å²) in [6.45, 7) is 5.52. The van der Waals surface area contributed by atoms with Gasteiger partial charge in [0.2, 0.25) is 5.91 Å². The van der Waals surface area contributed by atoms with E-state index in [1.807, 2.05) is 4.90 Å². The van der Waals surface area contributed by atoms with Gasteiger partial charge in [0.1, 0.15) is 0 Å². The molecule has 0 N–H and O–H groups in total. The Labute approximate surface area is 98.6 Å². The number of ether oxygens (including phenoxy) is 1. The van der Waals surface area contributed by atoms with Gasteiger partial charge in [-0.05, 0) is 18.6 Å². The van der Waals surface area contributed by atoms with Crippen molar-refractivity contribution in [3.63, 3.8) is 0 Å². The molecule has 0 aromatic heterocycles. The molecule has 4 heteroatoms. The van der Waals surface area contributed by atoms with E-state index < -0.39 is 0 Å². The maximum Gasteiger partial charge on any atom is 0.223 e. The first-order chi connectivity index (χ1) is 7.21. The van der Waals surface area contributed by atoms with Crippen LogP contribution in [0, 0.1) is 0 Å². The van der Waals surface area contributed by atoms with E-state index in [-0.39, 0.29) is 5.91 Å². The van der Waals surface area contributed by atoms with Crippen LogP contribution in [-0.2, 0) is 9.53 Å². The van der Waals surface area contributed by atoms with Crippen molar-refractivity contribution in [2.75, 3.05) is 26.0 Å². The first kappa shape index (κ1) is 14.8. The largest absolute Gasteiger partial charge is 0.383 e. The Morgan fingerprint density at radius 3 is 2.40 bits per heavy atom. The van der Waals surface area contributed by atoms with E-state index in [4.69, 9.17) is 4.74 Å². The van der Waals surface area contributed by atoms with Crippen LogP contribution in [0.4, 0.5) is 0 Å². The van der Waals surface area contributed by atoms with Crippen molar-refractivity contribution in [3.8, 4) is 0 Å². The highest BCUT2D eigenvalue weighted by molar-refractivity contribution is 7.80. The van der Waals surface area contributed by atoms with Crippen LogP contribution in [0.25, 0.3) is 0 Å². The maximum absolute atomic E-state index is 11.8. The molecule has 0 aliphatic rings. The maximum atomic E-state index is 11.8. The summed E-state index contributed by atoms with van der Waals surface area (Å²) >= 11 is 4.09. The minimum atomic E-state index is 0.191. The van der Waals surface area contributed by atoms with E-state index in [2.05, 4.69) is 26.5 Å². The number of hydrogen-bond acceptors (Lipinski definition) is 3. The Morgan fingerprint density at radius 1 is 1.40 bits per heavy atom. The fourth-order valence-corrected chi connectivity index (χ4v) is 1.86. The lowest BCUT2D eigenvalue weighted by Crippen LogP contribution is -2.41. The van der Waals surface area contributed by atoms with Crippen LogP contribution in [-0.4, -0.2) is 42.9 Å². The Hall–Kier alpha value is -0.220. The fraction of sp³-hybridized carbons (Fsp3) is 0.909. The second-order valence-corrected chi connectivity index (χ2v) is 3.97. The van der Waals surface area contributed by atoms with Gasteiger partial charge >= 0.3 is 0 Å². The Balaban J connectivity index is 4.33. The topological polar surface area (TPSA) is 29.5 Å². The van der Waals surface area contributed by atoms with Gasteiger partial charge in [-0.25, -0.2) is 0 Å².